The molecule has 2 N–H and O–H groups in total. The summed E-state index contributed by atoms with van der Waals surface area (Å²) in [7, 11) is 0. The van der Waals surface area contributed by atoms with E-state index >= 15 is 0 Å². The highest BCUT2D eigenvalue weighted by atomic mass is 19.1. The Morgan fingerprint density at radius 1 is 1.47 bits per heavy atom. The highest BCUT2D eigenvalue weighted by Crippen LogP contribution is 2.21. The van der Waals surface area contributed by atoms with Gasteiger partial charge in [-0.2, -0.15) is 5.26 Å². The molecule has 0 spiro atoms. The molecular weight excluding hydrogens is 202 g/mol. The van der Waals surface area contributed by atoms with Gasteiger partial charge in [-0.3, -0.25) is 0 Å². The summed E-state index contributed by atoms with van der Waals surface area (Å²) in [4.78, 5) is 0. The van der Waals surface area contributed by atoms with Gasteiger partial charge < -0.3 is 10.4 Å². The van der Waals surface area contributed by atoms with E-state index in [0.29, 0.717) is 0 Å². The molecule has 0 amide bonds. The van der Waals surface area contributed by atoms with Gasteiger partial charge in [0.05, 0.1) is 18.2 Å². The zero-order valence-electron chi connectivity index (χ0n) is 8.09. The Morgan fingerprint density at radius 3 is 2.40 bits per heavy atom. The maximum absolute atomic E-state index is 13.3. The third kappa shape index (κ3) is 2.64. The predicted molar refractivity (Wildman–Crippen MR) is 51.2 cm³/mol. The first-order valence-corrected chi connectivity index (χ1v) is 4.35. The van der Waals surface area contributed by atoms with E-state index in [1.807, 2.05) is 0 Å². The molecule has 1 rings (SSSR count). The van der Waals surface area contributed by atoms with Gasteiger partial charge in [0.15, 0.2) is 11.6 Å². The van der Waals surface area contributed by atoms with Gasteiger partial charge >= 0.3 is 0 Å². The number of anilines is 1. The quantitative estimate of drug-likeness (QED) is 0.800. The Morgan fingerprint density at radius 2 is 2.00 bits per heavy atom. The zero-order chi connectivity index (χ0) is 11.4. The highest BCUT2D eigenvalue weighted by molar-refractivity contribution is 5.50. The summed E-state index contributed by atoms with van der Waals surface area (Å²) in [5.74, 6) is -1.68. The second kappa shape index (κ2) is 4.71. The second-order valence-electron chi connectivity index (χ2n) is 3.15. The minimum atomic E-state index is -0.841. The molecule has 0 saturated heterocycles. The van der Waals surface area contributed by atoms with E-state index in [1.54, 1.807) is 13.0 Å². The van der Waals surface area contributed by atoms with Crippen molar-refractivity contribution in [2.75, 3.05) is 11.9 Å². The average molecular weight is 212 g/mol. The van der Waals surface area contributed by atoms with Crippen LogP contribution in [0.5, 0.6) is 0 Å². The SMILES string of the molecule is CC(CO)Nc1c(F)cc(C#N)cc1F. The van der Waals surface area contributed by atoms with E-state index < -0.39 is 17.7 Å². The zero-order valence-corrected chi connectivity index (χ0v) is 8.09. The Hall–Kier alpha value is -1.67. The number of aliphatic hydroxyl groups excluding tert-OH is 1. The van der Waals surface area contributed by atoms with Gasteiger partial charge in [-0.25, -0.2) is 8.78 Å². The van der Waals surface area contributed by atoms with Crippen LogP contribution in [-0.2, 0) is 0 Å². The summed E-state index contributed by atoms with van der Waals surface area (Å²) < 4.78 is 26.5. The lowest BCUT2D eigenvalue weighted by molar-refractivity contribution is 0.281. The summed E-state index contributed by atoms with van der Waals surface area (Å²) in [5.41, 5.74) is -0.400. The first kappa shape index (κ1) is 11.4. The fourth-order valence-corrected chi connectivity index (χ4v) is 1.07. The molecule has 0 radical (unpaired) electrons. The Kier molecular flexibility index (Phi) is 3.58. The maximum atomic E-state index is 13.3. The van der Waals surface area contributed by atoms with Gasteiger partial charge in [0.25, 0.3) is 0 Å². The van der Waals surface area contributed by atoms with Crippen LogP contribution in [0.4, 0.5) is 14.5 Å². The number of hydrogen-bond donors (Lipinski definition) is 2. The maximum Gasteiger partial charge on any atom is 0.150 e. The van der Waals surface area contributed by atoms with Crippen LogP contribution >= 0.6 is 0 Å². The van der Waals surface area contributed by atoms with Crippen LogP contribution < -0.4 is 5.32 Å². The van der Waals surface area contributed by atoms with Gasteiger partial charge in [-0.1, -0.05) is 0 Å². The summed E-state index contributed by atoms with van der Waals surface area (Å²) in [6.07, 6.45) is 0. The minimum absolute atomic E-state index is 0.0767. The third-order valence-corrected chi connectivity index (χ3v) is 1.84. The van der Waals surface area contributed by atoms with Gasteiger partial charge in [-0.05, 0) is 19.1 Å². The molecule has 0 bridgehead atoms. The lowest BCUT2D eigenvalue weighted by atomic mass is 10.2. The molecule has 1 unspecified atom stereocenters. The number of rotatable bonds is 3. The molecule has 0 aliphatic heterocycles. The number of nitriles is 1. The van der Waals surface area contributed by atoms with Gasteiger partial charge in [0, 0.05) is 6.04 Å². The molecule has 80 valence electrons. The van der Waals surface area contributed by atoms with Crippen molar-refractivity contribution in [3.8, 4) is 6.07 Å². The fourth-order valence-electron chi connectivity index (χ4n) is 1.07. The molecular formula is C10H10F2N2O. The van der Waals surface area contributed by atoms with Crippen LogP contribution in [0.2, 0.25) is 0 Å². The molecule has 0 fully saturated rings. The van der Waals surface area contributed by atoms with Crippen LogP contribution in [0.3, 0.4) is 0 Å². The van der Waals surface area contributed by atoms with Crippen molar-refractivity contribution in [3.63, 3.8) is 0 Å². The largest absolute Gasteiger partial charge is 0.394 e. The van der Waals surface area contributed by atoms with E-state index in [9.17, 15) is 8.78 Å². The van der Waals surface area contributed by atoms with Crippen molar-refractivity contribution in [3.05, 3.63) is 29.3 Å². The average Bonchev–Trinajstić information content (AvgIpc) is 2.22. The van der Waals surface area contributed by atoms with E-state index in [0.717, 1.165) is 12.1 Å². The topological polar surface area (TPSA) is 56.0 Å². The van der Waals surface area contributed by atoms with Crippen LogP contribution in [0.15, 0.2) is 12.1 Å². The molecule has 15 heavy (non-hydrogen) atoms. The lowest BCUT2D eigenvalue weighted by Gasteiger charge is -2.13. The Balaban J connectivity index is 3.04. The first-order chi connectivity index (χ1) is 7.08. The van der Waals surface area contributed by atoms with Crippen LogP contribution in [0.1, 0.15) is 12.5 Å². The summed E-state index contributed by atoms with van der Waals surface area (Å²) >= 11 is 0. The molecule has 0 aliphatic rings. The fraction of sp³-hybridized carbons (Fsp3) is 0.300. The molecule has 1 aromatic rings. The van der Waals surface area contributed by atoms with Crippen molar-refractivity contribution in [2.24, 2.45) is 0 Å². The third-order valence-electron chi connectivity index (χ3n) is 1.84. The number of halogens is 2. The van der Waals surface area contributed by atoms with Crippen LogP contribution in [-0.4, -0.2) is 17.8 Å². The summed E-state index contributed by atoms with van der Waals surface area (Å²) in [5, 5.41) is 19.7. The highest BCUT2D eigenvalue weighted by Gasteiger charge is 2.12. The predicted octanol–water partition coefficient (Wildman–Crippen LogP) is 1.63. The van der Waals surface area contributed by atoms with Gasteiger partial charge in [0.1, 0.15) is 5.69 Å². The molecule has 1 aromatic carbocycles. The Bertz CT molecular complexity index is 378. The number of aliphatic hydroxyl groups is 1. The smallest absolute Gasteiger partial charge is 0.150 e. The van der Waals surface area contributed by atoms with E-state index in [1.165, 1.54) is 0 Å². The summed E-state index contributed by atoms with van der Waals surface area (Å²) in [6.45, 7) is 1.34. The lowest BCUT2D eigenvalue weighted by Crippen LogP contribution is -2.21. The molecule has 0 saturated carbocycles. The van der Waals surface area contributed by atoms with Gasteiger partial charge in [-0.15, -0.1) is 0 Å². The molecule has 3 nitrogen and oxygen atoms in total. The van der Waals surface area contributed by atoms with E-state index in [2.05, 4.69) is 5.32 Å². The van der Waals surface area contributed by atoms with E-state index in [-0.39, 0.29) is 17.9 Å². The minimum Gasteiger partial charge on any atom is -0.394 e. The first-order valence-electron chi connectivity index (χ1n) is 4.35. The normalized spacial score (nSPS) is 11.9. The molecule has 0 aliphatic carbocycles. The van der Waals surface area contributed by atoms with Crippen LogP contribution in [0.25, 0.3) is 0 Å². The number of nitrogens with one attached hydrogen (secondary N) is 1. The van der Waals surface area contributed by atoms with Crippen molar-refractivity contribution >= 4 is 5.69 Å². The second-order valence-corrected chi connectivity index (χ2v) is 3.15. The standard InChI is InChI=1S/C10H10F2N2O/c1-6(5-15)14-10-8(11)2-7(4-13)3-9(10)12/h2-3,6,14-15H,5H2,1H3. The monoisotopic (exact) mass is 212 g/mol. The van der Waals surface area contributed by atoms with E-state index in [4.69, 9.17) is 10.4 Å². The molecule has 1 atom stereocenters. The summed E-state index contributed by atoms with van der Waals surface area (Å²) in [6, 6.07) is 3.07. The number of nitrogens with zero attached hydrogens (tertiary/aromatic N) is 1. The van der Waals surface area contributed by atoms with Gasteiger partial charge in [0.2, 0.25) is 0 Å². The van der Waals surface area contributed by atoms with Crippen molar-refractivity contribution in [1.29, 1.82) is 5.26 Å². The molecule has 0 heterocycles. The van der Waals surface area contributed by atoms with Crippen molar-refractivity contribution in [1.82, 2.24) is 0 Å². The number of benzene rings is 1. The molecule has 5 heteroatoms. The number of hydrogen-bond acceptors (Lipinski definition) is 3. The van der Waals surface area contributed by atoms with Crippen LogP contribution in [0, 0.1) is 23.0 Å². The van der Waals surface area contributed by atoms with Crippen molar-refractivity contribution in [2.45, 2.75) is 13.0 Å². The molecule has 0 aromatic heterocycles. The Labute approximate surface area is 86.0 Å². The van der Waals surface area contributed by atoms with Crippen molar-refractivity contribution < 1.29 is 13.9 Å².